The number of halogens is 1. The highest BCUT2D eigenvalue weighted by atomic mass is 79.9. The van der Waals surface area contributed by atoms with Crippen LogP contribution in [-0.2, 0) is 6.54 Å². The minimum atomic E-state index is 0.438. The number of rotatable bonds is 3. The molecule has 2 nitrogen and oxygen atoms in total. The average Bonchev–Trinajstić information content (AvgIpc) is 3.27. The molecule has 1 N–H and O–H groups in total. The van der Waals surface area contributed by atoms with Crippen molar-refractivity contribution in [3.8, 4) is 0 Å². The smallest absolute Gasteiger partial charge is 0.0346 e. The zero-order chi connectivity index (χ0) is 14.3. The molecule has 21 heavy (non-hydrogen) atoms. The minimum absolute atomic E-state index is 0.438. The van der Waals surface area contributed by atoms with Gasteiger partial charge in [-0.15, -0.1) is 11.3 Å². The van der Waals surface area contributed by atoms with Crippen LogP contribution in [0.4, 0.5) is 0 Å². The van der Waals surface area contributed by atoms with E-state index < -0.39 is 0 Å². The van der Waals surface area contributed by atoms with E-state index in [9.17, 15) is 0 Å². The van der Waals surface area contributed by atoms with Gasteiger partial charge in [-0.25, -0.2) is 0 Å². The summed E-state index contributed by atoms with van der Waals surface area (Å²) in [7, 11) is 0. The van der Waals surface area contributed by atoms with Gasteiger partial charge in [-0.2, -0.15) is 0 Å². The molecule has 0 aromatic carbocycles. The lowest BCUT2D eigenvalue weighted by molar-refractivity contribution is 0.000313. The van der Waals surface area contributed by atoms with Crippen molar-refractivity contribution in [1.29, 1.82) is 0 Å². The second-order valence-electron chi connectivity index (χ2n) is 7.18. The summed E-state index contributed by atoms with van der Waals surface area (Å²) < 4.78 is 1.31. The van der Waals surface area contributed by atoms with Crippen LogP contribution in [0.1, 0.15) is 49.8 Å². The van der Waals surface area contributed by atoms with Crippen LogP contribution < -0.4 is 5.32 Å². The first-order chi connectivity index (χ1) is 10.3. The van der Waals surface area contributed by atoms with Crippen molar-refractivity contribution in [3.63, 3.8) is 0 Å². The van der Waals surface area contributed by atoms with E-state index in [1.807, 2.05) is 11.3 Å². The number of thiophene rings is 1. The van der Waals surface area contributed by atoms with Gasteiger partial charge in [0.05, 0.1) is 0 Å². The lowest BCUT2D eigenvalue weighted by Crippen LogP contribution is -2.65. The van der Waals surface area contributed by atoms with E-state index in [1.54, 1.807) is 0 Å². The standard InChI is InChI=1S/C17H25BrN2S/c18-14-6-9-21-16(14)11-20-10-15(13-4-5-13)19-12-17(20)7-2-1-3-8-17/h6,9,13,15,19H,1-5,7-8,10-12H2. The Morgan fingerprint density at radius 3 is 2.76 bits per heavy atom. The molecular formula is C17H25BrN2S. The Morgan fingerprint density at radius 1 is 1.29 bits per heavy atom. The van der Waals surface area contributed by atoms with Crippen LogP contribution >= 0.6 is 27.3 Å². The molecule has 2 aliphatic carbocycles. The van der Waals surface area contributed by atoms with Crippen molar-refractivity contribution in [2.75, 3.05) is 13.1 Å². The number of nitrogens with zero attached hydrogens (tertiary/aromatic N) is 1. The number of piperazine rings is 1. The van der Waals surface area contributed by atoms with Gasteiger partial charge in [0.2, 0.25) is 0 Å². The average molecular weight is 369 g/mol. The molecule has 0 bridgehead atoms. The highest BCUT2D eigenvalue weighted by molar-refractivity contribution is 9.10. The molecule has 0 radical (unpaired) electrons. The lowest BCUT2D eigenvalue weighted by Gasteiger charge is -2.52. The molecule has 2 heterocycles. The fraction of sp³-hybridized carbons (Fsp3) is 0.765. The quantitative estimate of drug-likeness (QED) is 0.850. The van der Waals surface area contributed by atoms with Crippen LogP contribution in [0, 0.1) is 5.92 Å². The molecule has 116 valence electrons. The first-order valence-electron chi connectivity index (χ1n) is 8.47. The van der Waals surface area contributed by atoms with Crippen molar-refractivity contribution >= 4 is 27.3 Å². The van der Waals surface area contributed by atoms with Crippen LogP contribution in [0.25, 0.3) is 0 Å². The Bertz CT molecular complexity index is 491. The summed E-state index contributed by atoms with van der Waals surface area (Å²) in [6.07, 6.45) is 9.93. The second kappa shape index (κ2) is 5.95. The van der Waals surface area contributed by atoms with Crippen LogP contribution in [0.2, 0.25) is 0 Å². The zero-order valence-corrected chi connectivity index (χ0v) is 15.0. The molecule has 1 aliphatic heterocycles. The van der Waals surface area contributed by atoms with Crippen molar-refractivity contribution in [2.45, 2.75) is 63.1 Å². The Kier molecular flexibility index (Phi) is 4.16. The Labute approximate surface area is 140 Å². The van der Waals surface area contributed by atoms with Crippen LogP contribution in [0.5, 0.6) is 0 Å². The maximum absolute atomic E-state index is 3.92. The predicted molar refractivity (Wildman–Crippen MR) is 92.8 cm³/mol. The van der Waals surface area contributed by atoms with Crippen LogP contribution in [0.3, 0.4) is 0 Å². The molecule has 3 fully saturated rings. The molecule has 3 aliphatic rings. The maximum atomic E-state index is 3.92. The lowest BCUT2D eigenvalue weighted by atomic mass is 9.78. The third-order valence-corrected chi connectivity index (χ3v) is 7.69. The van der Waals surface area contributed by atoms with E-state index in [0.717, 1.165) is 18.5 Å². The number of hydrogen-bond donors (Lipinski definition) is 1. The predicted octanol–water partition coefficient (Wildman–Crippen LogP) is 4.40. The SMILES string of the molecule is Brc1ccsc1CN1CC(C2CC2)NCC12CCCCC2. The van der Waals surface area contributed by atoms with E-state index in [0.29, 0.717) is 5.54 Å². The van der Waals surface area contributed by atoms with Crippen LogP contribution in [-0.4, -0.2) is 29.6 Å². The zero-order valence-electron chi connectivity index (χ0n) is 12.6. The topological polar surface area (TPSA) is 15.3 Å². The molecule has 2 saturated carbocycles. The van der Waals surface area contributed by atoms with Gasteiger partial charge in [-0.3, -0.25) is 4.90 Å². The third kappa shape index (κ3) is 2.97. The molecule has 1 aromatic heterocycles. The highest BCUT2D eigenvalue weighted by Gasteiger charge is 2.45. The summed E-state index contributed by atoms with van der Waals surface area (Å²) in [4.78, 5) is 4.36. The third-order valence-electron chi connectivity index (χ3n) is 5.78. The second-order valence-corrected chi connectivity index (χ2v) is 9.04. The Morgan fingerprint density at radius 2 is 2.10 bits per heavy atom. The van der Waals surface area contributed by atoms with E-state index in [4.69, 9.17) is 0 Å². The van der Waals surface area contributed by atoms with Gasteiger partial charge >= 0.3 is 0 Å². The summed E-state index contributed by atoms with van der Waals surface area (Å²) in [6, 6.07) is 2.95. The van der Waals surface area contributed by atoms with E-state index >= 15 is 0 Å². The van der Waals surface area contributed by atoms with Gasteiger partial charge in [0.25, 0.3) is 0 Å². The van der Waals surface area contributed by atoms with Crippen molar-refractivity contribution in [1.82, 2.24) is 10.2 Å². The van der Waals surface area contributed by atoms with Crippen molar-refractivity contribution in [2.24, 2.45) is 5.92 Å². The van der Waals surface area contributed by atoms with Crippen LogP contribution in [0.15, 0.2) is 15.9 Å². The highest BCUT2D eigenvalue weighted by Crippen LogP contribution is 2.41. The summed E-state index contributed by atoms with van der Waals surface area (Å²) in [6.45, 7) is 3.62. The van der Waals surface area contributed by atoms with Gasteiger partial charge in [0.1, 0.15) is 0 Å². The summed E-state index contributed by atoms with van der Waals surface area (Å²) in [5, 5.41) is 6.13. The monoisotopic (exact) mass is 368 g/mol. The Balaban J connectivity index is 1.55. The van der Waals surface area contributed by atoms with Crippen molar-refractivity contribution < 1.29 is 0 Å². The fourth-order valence-electron chi connectivity index (χ4n) is 4.29. The minimum Gasteiger partial charge on any atom is -0.311 e. The van der Waals surface area contributed by atoms with Gasteiger partial charge in [0, 0.05) is 40.6 Å². The van der Waals surface area contributed by atoms with Crippen molar-refractivity contribution in [3.05, 3.63) is 20.8 Å². The van der Waals surface area contributed by atoms with Gasteiger partial charge in [0.15, 0.2) is 0 Å². The largest absolute Gasteiger partial charge is 0.311 e. The summed E-state index contributed by atoms with van der Waals surface area (Å²) >= 11 is 5.64. The molecule has 1 saturated heterocycles. The molecule has 1 spiro atoms. The summed E-state index contributed by atoms with van der Waals surface area (Å²) in [5.74, 6) is 0.959. The summed E-state index contributed by atoms with van der Waals surface area (Å²) in [5.41, 5.74) is 0.438. The molecule has 4 heteroatoms. The van der Waals surface area contributed by atoms with E-state index in [-0.39, 0.29) is 0 Å². The first kappa shape index (κ1) is 14.7. The number of hydrogen-bond acceptors (Lipinski definition) is 3. The molecule has 1 atom stereocenters. The molecular weight excluding hydrogens is 344 g/mol. The first-order valence-corrected chi connectivity index (χ1v) is 10.1. The Hall–Kier alpha value is 0.1000. The normalized spacial score (nSPS) is 29.9. The van der Waals surface area contributed by atoms with E-state index in [1.165, 1.54) is 67.4 Å². The maximum Gasteiger partial charge on any atom is 0.0346 e. The van der Waals surface area contributed by atoms with E-state index in [2.05, 4.69) is 37.6 Å². The molecule has 1 aromatic rings. The van der Waals surface area contributed by atoms with Gasteiger partial charge < -0.3 is 5.32 Å². The molecule has 1 unspecified atom stereocenters. The fourth-order valence-corrected chi connectivity index (χ4v) is 5.78. The molecule has 4 rings (SSSR count). The number of nitrogens with one attached hydrogen (secondary N) is 1. The molecule has 0 amide bonds. The van der Waals surface area contributed by atoms with Gasteiger partial charge in [-0.05, 0) is 59.0 Å². The van der Waals surface area contributed by atoms with Gasteiger partial charge in [-0.1, -0.05) is 19.3 Å².